The summed E-state index contributed by atoms with van der Waals surface area (Å²) in [6.07, 6.45) is 1.49. The van der Waals surface area contributed by atoms with Crippen molar-refractivity contribution < 1.29 is 23.1 Å². The highest BCUT2D eigenvalue weighted by molar-refractivity contribution is 7.89. The molecule has 1 saturated carbocycles. The topological polar surface area (TPSA) is 92.7 Å². The number of aryl methyl sites for hydroxylation is 1. The Morgan fingerprint density at radius 2 is 2.14 bits per heavy atom. The average Bonchev–Trinajstić information content (AvgIpc) is 3.21. The Balaban J connectivity index is 2.28. The second kappa shape index (κ2) is 6.03. The summed E-state index contributed by atoms with van der Waals surface area (Å²) < 4.78 is 32.6. The summed E-state index contributed by atoms with van der Waals surface area (Å²) in [5, 5.41) is 8.91. The first kappa shape index (κ1) is 15.8. The minimum atomic E-state index is -3.81. The lowest BCUT2D eigenvalue weighted by Crippen LogP contribution is -2.38. The summed E-state index contributed by atoms with van der Waals surface area (Å²) in [6, 6.07) is 4.30. The molecule has 0 spiro atoms. The van der Waals surface area contributed by atoms with E-state index in [2.05, 4.69) is 4.72 Å². The van der Waals surface area contributed by atoms with Crippen molar-refractivity contribution in [3.63, 3.8) is 0 Å². The zero-order chi connectivity index (χ0) is 15.6. The van der Waals surface area contributed by atoms with Gasteiger partial charge in [-0.25, -0.2) is 13.1 Å². The van der Waals surface area contributed by atoms with Crippen LogP contribution < -0.4 is 9.46 Å². The smallest absolute Gasteiger partial charge is 0.304 e. The van der Waals surface area contributed by atoms with E-state index in [0.29, 0.717) is 0 Å². The molecule has 1 aromatic rings. The van der Waals surface area contributed by atoms with Gasteiger partial charge in [0.05, 0.1) is 13.5 Å². The maximum absolute atomic E-state index is 12.5. The van der Waals surface area contributed by atoms with Gasteiger partial charge in [0.25, 0.3) is 0 Å². The highest BCUT2D eigenvalue weighted by atomic mass is 32.2. The molecule has 0 amide bonds. The third kappa shape index (κ3) is 3.95. The van der Waals surface area contributed by atoms with E-state index in [1.54, 1.807) is 19.1 Å². The quantitative estimate of drug-likeness (QED) is 0.796. The molecule has 6 nitrogen and oxygen atoms in total. The first-order valence-corrected chi connectivity index (χ1v) is 8.20. The van der Waals surface area contributed by atoms with Gasteiger partial charge in [-0.15, -0.1) is 0 Å². The number of rotatable bonds is 7. The van der Waals surface area contributed by atoms with Gasteiger partial charge in [0.2, 0.25) is 10.0 Å². The van der Waals surface area contributed by atoms with Crippen LogP contribution >= 0.6 is 0 Å². The molecule has 1 fully saturated rings. The Morgan fingerprint density at radius 1 is 1.48 bits per heavy atom. The molecule has 0 bridgehead atoms. The zero-order valence-electron chi connectivity index (χ0n) is 12.0. The predicted octanol–water partition coefficient (Wildman–Crippen LogP) is 1.54. The molecule has 1 aliphatic rings. The summed E-state index contributed by atoms with van der Waals surface area (Å²) in [7, 11) is -2.41. The van der Waals surface area contributed by atoms with Crippen molar-refractivity contribution in [2.45, 2.75) is 37.1 Å². The van der Waals surface area contributed by atoms with Crippen molar-refractivity contribution in [3.05, 3.63) is 23.8 Å². The van der Waals surface area contributed by atoms with Crippen molar-refractivity contribution in [2.24, 2.45) is 5.92 Å². The Bertz CT molecular complexity index is 637. The van der Waals surface area contributed by atoms with Gasteiger partial charge in [-0.2, -0.15) is 0 Å². The average molecular weight is 313 g/mol. The highest BCUT2D eigenvalue weighted by Gasteiger charge is 2.36. The lowest BCUT2D eigenvalue weighted by Gasteiger charge is -2.18. The Morgan fingerprint density at radius 3 is 2.67 bits per heavy atom. The van der Waals surface area contributed by atoms with Gasteiger partial charge in [0, 0.05) is 6.04 Å². The van der Waals surface area contributed by atoms with Gasteiger partial charge in [0.1, 0.15) is 10.6 Å². The normalized spacial score (nSPS) is 16.5. The summed E-state index contributed by atoms with van der Waals surface area (Å²) in [5.41, 5.74) is 0.789. The second-order valence-electron chi connectivity index (χ2n) is 5.32. The SMILES string of the molecule is COc1ccc(C)cc1S(=O)(=O)NC(CC(=O)O)C1CC1. The molecule has 116 valence electrons. The number of methoxy groups -OCH3 is 1. The molecule has 0 saturated heterocycles. The van der Waals surface area contributed by atoms with E-state index in [-0.39, 0.29) is 23.0 Å². The fourth-order valence-electron chi connectivity index (χ4n) is 2.25. The van der Waals surface area contributed by atoms with E-state index >= 15 is 0 Å². The number of nitrogens with one attached hydrogen (secondary N) is 1. The number of ether oxygens (including phenoxy) is 1. The van der Waals surface area contributed by atoms with E-state index in [4.69, 9.17) is 9.84 Å². The number of carboxylic acids is 1. The van der Waals surface area contributed by atoms with Crippen molar-refractivity contribution in [1.82, 2.24) is 4.72 Å². The summed E-state index contributed by atoms with van der Waals surface area (Å²) >= 11 is 0. The van der Waals surface area contributed by atoms with Crippen LogP contribution in [-0.4, -0.2) is 32.6 Å². The molecular formula is C14H19NO5S. The van der Waals surface area contributed by atoms with Gasteiger partial charge in [0.15, 0.2) is 0 Å². The number of aliphatic carboxylic acids is 1. The van der Waals surface area contributed by atoms with Crippen LogP contribution in [0.4, 0.5) is 0 Å². The second-order valence-corrected chi connectivity index (χ2v) is 7.00. The molecule has 2 rings (SSSR count). The van der Waals surface area contributed by atoms with Crippen molar-refractivity contribution in [2.75, 3.05) is 7.11 Å². The van der Waals surface area contributed by atoms with Crippen molar-refractivity contribution in [1.29, 1.82) is 0 Å². The van der Waals surface area contributed by atoms with E-state index in [9.17, 15) is 13.2 Å². The van der Waals surface area contributed by atoms with Gasteiger partial charge >= 0.3 is 5.97 Å². The van der Waals surface area contributed by atoms with Crippen LogP contribution in [0, 0.1) is 12.8 Å². The first-order chi connectivity index (χ1) is 9.83. The van der Waals surface area contributed by atoms with E-state index < -0.39 is 22.0 Å². The number of benzene rings is 1. The van der Waals surface area contributed by atoms with Crippen LogP contribution in [0.25, 0.3) is 0 Å². The summed E-state index contributed by atoms with van der Waals surface area (Å²) in [6.45, 7) is 1.79. The molecule has 21 heavy (non-hydrogen) atoms. The van der Waals surface area contributed by atoms with E-state index in [1.165, 1.54) is 13.2 Å². The van der Waals surface area contributed by atoms with E-state index in [0.717, 1.165) is 18.4 Å². The lowest BCUT2D eigenvalue weighted by atomic mass is 10.1. The molecular weight excluding hydrogens is 294 g/mol. The van der Waals surface area contributed by atoms with Crippen LogP contribution in [0.15, 0.2) is 23.1 Å². The number of hydrogen-bond donors (Lipinski definition) is 2. The van der Waals surface area contributed by atoms with Gasteiger partial charge < -0.3 is 9.84 Å². The van der Waals surface area contributed by atoms with Gasteiger partial charge in [-0.1, -0.05) is 6.07 Å². The third-order valence-electron chi connectivity index (χ3n) is 3.50. The molecule has 1 aromatic carbocycles. The van der Waals surface area contributed by atoms with Crippen LogP contribution in [-0.2, 0) is 14.8 Å². The van der Waals surface area contributed by atoms with Crippen molar-refractivity contribution >= 4 is 16.0 Å². The van der Waals surface area contributed by atoms with Crippen LogP contribution in [0.1, 0.15) is 24.8 Å². The maximum Gasteiger partial charge on any atom is 0.304 e. The van der Waals surface area contributed by atoms with Crippen LogP contribution in [0.5, 0.6) is 5.75 Å². The number of sulfonamides is 1. The molecule has 0 aliphatic heterocycles. The minimum absolute atomic E-state index is 0.0426. The van der Waals surface area contributed by atoms with E-state index in [1.807, 2.05) is 0 Å². The first-order valence-electron chi connectivity index (χ1n) is 6.72. The Hall–Kier alpha value is -1.60. The standard InChI is InChI=1S/C14H19NO5S/c1-9-3-6-12(20-2)13(7-9)21(18,19)15-11(8-14(16)17)10-4-5-10/h3,6-7,10-11,15H,4-5,8H2,1-2H3,(H,16,17). The van der Waals surface area contributed by atoms with Crippen molar-refractivity contribution in [3.8, 4) is 5.75 Å². The monoisotopic (exact) mass is 313 g/mol. The third-order valence-corrected chi connectivity index (χ3v) is 5.01. The maximum atomic E-state index is 12.5. The Kier molecular flexibility index (Phi) is 4.53. The number of carboxylic acid groups (broad SMARTS) is 1. The number of carbonyl (C=O) groups is 1. The zero-order valence-corrected chi connectivity index (χ0v) is 12.8. The predicted molar refractivity (Wildman–Crippen MR) is 76.8 cm³/mol. The van der Waals surface area contributed by atoms with Gasteiger partial charge in [-0.05, 0) is 43.4 Å². The molecule has 1 unspecified atom stereocenters. The molecule has 1 atom stereocenters. The molecule has 7 heteroatoms. The summed E-state index contributed by atoms with van der Waals surface area (Å²) in [4.78, 5) is 10.9. The largest absolute Gasteiger partial charge is 0.495 e. The lowest BCUT2D eigenvalue weighted by molar-refractivity contribution is -0.137. The Labute approximate surface area is 124 Å². The fraction of sp³-hybridized carbons (Fsp3) is 0.500. The number of hydrogen-bond acceptors (Lipinski definition) is 4. The fourth-order valence-corrected chi connectivity index (χ4v) is 3.81. The molecule has 0 radical (unpaired) electrons. The summed E-state index contributed by atoms with van der Waals surface area (Å²) in [5.74, 6) is -0.657. The molecule has 1 aliphatic carbocycles. The molecule has 0 aromatic heterocycles. The van der Waals surface area contributed by atoms with Crippen LogP contribution in [0.3, 0.4) is 0 Å². The highest BCUT2D eigenvalue weighted by Crippen LogP contribution is 2.35. The van der Waals surface area contributed by atoms with Gasteiger partial charge in [-0.3, -0.25) is 4.79 Å². The van der Waals surface area contributed by atoms with Crippen LogP contribution in [0.2, 0.25) is 0 Å². The minimum Gasteiger partial charge on any atom is -0.495 e. The molecule has 0 heterocycles. The molecule has 2 N–H and O–H groups in total.